The quantitative estimate of drug-likeness (QED) is 0.227. The van der Waals surface area contributed by atoms with Gasteiger partial charge in [0.1, 0.15) is 18.8 Å². The Balaban J connectivity index is 1.70. The lowest BCUT2D eigenvalue weighted by Gasteiger charge is -2.27. The Hall–Kier alpha value is -4.28. The molecule has 216 valence electrons. The van der Waals surface area contributed by atoms with Crippen molar-refractivity contribution in [2.75, 3.05) is 70.9 Å². The van der Waals surface area contributed by atoms with E-state index in [9.17, 15) is 9.59 Å². The van der Waals surface area contributed by atoms with Gasteiger partial charge in [-0.25, -0.2) is 9.97 Å². The van der Waals surface area contributed by atoms with E-state index in [0.29, 0.717) is 52.9 Å². The first-order valence-corrected chi connectivity index (χ1v) is 13.7. The van der Waals surface area contributed by atoms with Crippen LogP contribution in [0.25, 0.3) is 16.5 Å². The molecule has 0 bridgehead atoms. The number of likely N-dealkylation sites (N-methyl/N-ethyl adjacent to an activating group) is 2. The van der Waals surface area contributed by atoms with Crippen molar-refractivity contribution in [1.82, 2.24) is 14.9 Å². The highest BCUT2D eigenvalue weighted by Crippen LogP contribution is 2.36. The molecule has 10 heteroatoms. The lowest BCUT2D eigenvalue weighted by molar-refractivity contribution is -0.113. The molecule has 41 heavy (non-hydrogen) atoms. The van der Waals surface area contributed by atoms with Crippen molar-refractivity contribution in [3.8, 4) is 11.5 Å². The van der Waals surface area contributed by atoms with Gasteiger partial charge in [-0.3, -0.25) is 9.59 Å². The number of ketones is 2. The molecule has 0 fully saturated rings. The van der Waals surface area contributed by atoms with Crippen molar-refractivity contribution in [2.24, 2.45) is 0 Å². The number of carbonyl (C=O) groups is 2. The van der Waals surface area contributed by atoms with E-state index < -0.39 is 0 Å². The van der Waals surface area contributed by atoms with Crippen LogP contribution >= 0.6 is 0 Å². The summed E-state index contributed by atoms with van der Waals surface area (Å²) in [5.41, 5.74) is 3.26. The van der Waals surface area contributed by atoms with E-state index in [-0.39, 0.29) is 11.6 Å². The van der Waals surface area contributed by atoms with Gasteiger partial charge in [0.05, 0.1) is 19.2 Å². The second-order valence-electron chi connectivity index (χ2n) is 9.55. The average Bonchev–Trinajstić information content (AvgIpc) is 2.98. The summed E-state index contributed by atoms with van der Waals surface area (Å²) in [6, 6.07) is 9.41. The van der Waals surface area contributed by atoms with Crippen molar-refractivity contribution in [3.63, 3.8) is 0 Å². The minimum absolute atomic E-state index is 0.210. The second-order valence-corrected chi connectivity index (χ2v) is 9.55. The SMILES string of the molecule is CCN(CC)CCN(C)c1ccc(Nc2ncnc3cc(OCCOC)c(OC)cc23)cc1C1=CC(=O)C=CC1=O. The van der Waals surface area contributed by atoms with Crippen LogP contribution < -0.4 is 19.7 Å². The first kappa shape index (κ1) is 29.7. The monoisotopic (exact) mass is 559 g/mol. The van der Waals surface area contributed by atoms with Crippen LogP contribution in [0.15, 0.2) is 54.9 Å². The zero-order chi connectivity index (χ0) is 29.4. The molecule has 0 saturated carbocycles. The summed E-state index contributed by atoms with van der Waals surface area (Å²) in [4.78, 5) is 38.5. The molecular formula is C31H37N5O5. The van der Waals surface area contributed by atoms with Gasteiger partial charge in [-0.2, -0.15) is 0 Å². The molecule has 10 nitrogen and oxygen atoms in total. The summed E-state index contributed by atoms with van der Waals surface area (Å²) in [6.45, 7) is 8.66. The Morgan fingerprint density at radius 1 is 0.927 bits per heavy atom. The maximum Gasteiger partial charge on any atom is 0.186 e. The van der Waals surface area contributed by atoms with Gasteiger partial charge < -0.3 is 29.3 Å². The fourth-order valence-electron chi connectivity index (χ4n) is 4.64. The third-order valence-electron chi connectivity index (χ3n) is 7.02. The highest BCUT2D eigenvalue weighted by Gasteiger charge is 2.21. The average molecular weight is 560 g/mol. The number of hydrogen-bond acceptors (Lipinski definition) is 10. The van der Waals surface area contributed by atoms with Crippen molar-refractivity contribution >= 4 is 45.2 Å². The zero-order valence-corrected chi connectivity index (χ0v) is 24.3. The Morgan fingerprint density at radius 3 is 2.46 bits per heavy atom. The van der Waals surface area contributed by atoms with E-state index in [1.54, 1.807) is 20.3 Å². The van der Waals surface area contributed by atoms with Crippen LogP contribution in [0, 0.1) is 0 Å². The summed E-state index contributed by atoms with van der Waals surface area (Å²) < 4.78 is 16.5. The number of rotatable bonds is 14. The number of ether oxygens (including phenoxy) is 3. The highest BCUT2D eigenvalue weighted by atomic mass is 16.5. The van der Waals surface area contributed by atoms with Crippen LogP contribution in [0.4, 0.5) is 17.2 Å². The normalized spacial score (nSPS) is 13.1. The molecule has 0 atom stereocenters. The molecule has 1 aromatic heterocycles. The number of fused-ring (bicyclic) bond motifs is 1. The van der Waals surface area contributed by atoms with Gasteiger partial charge >= 0.3 is 0 Å². The number of benzene rings is 2. The minimum atomic E-state index is -0.216. The lowest BCUT2D eigenvalue weighted by atomic mass is 9.94. The summed E-state index contributed by atoms with van der Waals surface area (Å²) in [7, 11) is 5.19. The molecule has 2 aromatic carbocycles. The molecule has 4 rings (SSSR count). The van der Waals surface area contributed by atoms with Crippen LogP contribution in [0.3, 0.4) is 0 Å². The maximum atomic E-state index is 12.9. The number of carbonyl (C=O) groups excluding carboxylic acids is 2. The lowest BCUT2D eigenvalue weighted by Crippen LogP contribution is -2.33. The Morgan fingerprint density at radius 2 is 1.73 bits per heavy atom. The number of nitrogens with zero attached hydrogens (tertiary/aromatic N) is 4. The minimum Gasteiger partial charge on any atom is -0.493 e. The van der Waals surface area contributed by atoms with Crippen LogP contribution in [0.5, 0.6) is 11.5 Å². The third kappa shape index (κ3) is 7.08. The summed E-state index contributed by atoms with van der Waals surface area (Å²) in [5.74, 6) is 1.23. The number of aromatic nitrogens is 2. The van der Waals surface area contributed by atoms with Crippen LogP contribution in [0.1, 0.15) is 19.4 Å². The first-order valence-electron chi connectivity index (χ1n) is 13.7. The van der Waals surface area contributed by atoms with Crippen molar-refractivity contribution < 1.29 is 23.8 Å². The van der Waals surface area contributed by atoms with E-state index in [1.807, 2.05) is 31.3 Å². The Labute approximate surface area is 240 Å². The molecule has 1 aliphatic carbocycles. The predicted molar refractivity (Wildman–Crippen MR) is 161 cm³/mol. The molecule has 0 saturated heterocycles. The number of hydrogen-bond donors (Lipinski definition) is 1. The topological polar surface area (TPSA) is 106 Å². The molecular weight excluding hydrogens is 522 g/mol. The van der Waals surface area contributed by atoms with Crippen LogP contribution in [-0.4, -0.2) is 87.1 Å². The molecule has 3 aromatic rings. The predicted octanol–water partition coefficient (Wildman–Crippen LogP) is 4.28. The maximum absolute atomic E-state index is 12.9. The van der Waals surface area contributed by atoms with Gasteiger partial charge in [-0.1, -0.05) is 13.8 Å². The molecule has 0 spiro atoms. The molecule has 1 heterocycles. The molecule has 1 N–H and O–H groups in total. The molecule has 0 aliphatic heterocycles. The van der Waals surface area contributed by atoms with Gasteiger partial charge in [0.25, 0.3) is 0 Å². The van der Waals surface area contributed by atoms with Crippen molar-refractivity contribution in [3.05, 3.63) is 60.5 Å². The molecule has 0 amide bonds. The van der Waals surface area contributed by atoms with Gasteiger partial charge in [0.15, 0.2) is 23.1 Å². The fourth-order valence-corrected chi connectivity index (χ4v) is 4.64. The van der Waals surface area contributed by atoms with E-state index in [2.05, 4.69) is 38.9 Å². The number of nitrogens with one attached hydrogen (secondary N) is 1. The Kier molecular flexibility index (Phi) is 10.0. The van der Waals surface area contributed by atoms with Crippen molar-refractivity contribution in [2.45, 2.75) is 13.8 Å². The van der Waals surface area contributed by atoms with Crippen molar-refractivity contribution in [1.29, 1.82) is 0 Å². The fraction of sp³-hybridized carbons (Fsp3) is 0.355. The summed E-state index contributed by atoms with van der Waals surface area (Å²) in [6.07, 6.45) is 5.50. The van der Waals surface area contributed by atoms with E-state index in [0.717, 1.165) is 37.3 Å². The van der Waals surface area contributed by atoms with E-state index >= 15 is 0 Å². The van der Waals surface area contributed by atoms with E-state index in [1.165, 1.54) is 24.6 Å². The largest absolute Gasteiger partial charge is 0.493 e. The third-order valence-corrected chi connectivity index (χ3v) is 7.02. The van der Waals surface area contributed by atoms with Crippen LogP contribution in [-0.2, 0) is 14.3 Å². The number of anilines is 3. The molecule has 0 unspecified atom stereocenters. The summed E-state index contributed by atoms with van der Waals surface area (Å²) in [5, 5.41) is 4.11. The highest BCUT2D eigenvalue weighted by molar-refractivity contribution is 6.34. The zero-order valence-electron chi connectivity index (χ0n) is 24.3. The van der Waals surface area contributed by atoms with Gasteiger partial charge in [0.2, 0.25) is 0 Å². The summed E-state index contributed by atoms with van der Waals surface area (Å²) >= 11 is 0. The molecule has 0 radical (unpaired) electrons. The standard InChI is InChI=1S/C31H37N5O5/c1-6-36(7-2)13-12-35(3)27-10-8-21(16-23(27)24-17-22(37)9-11-28(24)38)34-31-25-18-29(40-5)30(41-15-14-39-4)19-26(25)32-20-33-31/h8-11,16-20H,6-7,12-15H2,1-5H3,(H,32,33,34). The first-order chi connectivity index (χ1) is 19.9. The van der Waals surface area contributed by atoms with Crippen LogP contribution in [0.2, 0.25) is 0 Å². The van der Waals surface area contributed by atoms with Gasteiger partial charge in [-0.15, -0.1) is 0 Å². The number of methoxy groups -OCH3 is 2. The molecule has 1 aliphatic rings. The second kappa shape index (κ2) is 13.9. The van der Waals surface area contributed by atoms with Gasteiger partial charge in [0, 0.05) is 61.2 Å². The van der Waals surface area contributed by atoms with Gasteiger partial charge in [-0.05, 0) is 55.6 Å². The smallest absolute Gasteiger partial charge is 0.186 e. The van der Waals surface area contributed by atoms with E-state index in [4.69, 9.17) is 14.2 Å². The number of allylic oxidation sites excluding steroid dienone is 4. The Bertz CT molecular complexity index is 1460.